The Balaban J connectivity index is 2.08. The highest BCUT2D eigenvalue weighted by Gasteiger charge is 2.36. The van der Waals surface area contributed by atoms with Crippen molar-refractivity contribution >= 4 is 21.9 Å². The van der Waals surface area contributed by atoms with Gasteiger partial charge in [0.15, 0.2) is 0 Å². The first-order valence-electron chi connectivity index (χ1n) is 9.43. The maximum Gasteiger partial charge on any atom is 0.337 e. The van der Waals surface area contributed by atoms with Crippen LogP contribution in [0.1, 0.15) is 27.5 Å². The van der Waals surface area contributed by atoms with Crippen molar-refractivity contribution < 1.29 is 22.7 Å². The van der Waals surface area contributed by atoms with Gasteiger partial charge in [-0.1, -0.05) is 60.7 Å². The monoisotopic (exact) mass is 438 g/mol. The van der Waals surface area contributed by atoms with Gasteiger partial charge in [0.25, 0.3) is 0 Å². The van der Waals surface area contributed by atoms with Crippen LogP contribution >= 0.6 is 0 Å². The highest BCUT2D eigenvalue weighted by atomic mass is 32.2. The number of primary amides is 1. The molecule has 8 heteroatoms. The van der Waals surface area contributed by atoms with E-state index in [1.807, 2.05) is 0 Å². The van der Waals surface area contributed by atoms with Crippen LogP contribution in [0.15, 0.2) is 89.8 Å². The van der Waals surface area contributed by atoms with Crippen LogP contribution in [-0.2, 0) is 26.1 Å². The molecule has 7 nitrogen and oxygen atoms in total. The van der Waals surface area contributed by atoms with Gasteiger partial charge in [0.1, 0.15) is 6.04 Å². The molecule has 2 N–H and O–H groups in total. The second kappa shape index (κ2) is 9.55. The van der Waals surface area contributed by atoms with Crippen molar-refractivity contribution in [3.05, 3.63) is 102 Å². The zero-order chi connectivity index (χ0) is 22.4. The first kappa shape index (κ1) is 22.2. The van der Waals surface area contributed by atoms with Crippen molar-refractivity contribution in [2.24, 2.45) is 5.73 Å². The van der Waals surface area contributed by atoms with Crippen LogP contribution in [-0.4, -0.2) is 31.7 Å². The Morgan fingerprint density at radius 3 is 1.97 bits per heavy atom. The molecule has 1 amide bonds. The number of hydrogen-bond acceptors (Lipinski definition) is 5. The van der Waals surface area contributed by atoms with E-state index in [1.165, 1.54) is 31.4 Å². The first-order valence-corrected chi connectivity index (χ1v) is 10.9. The van der Waals surface area contributed by atoms with Gasteiger partial charge in [-0.3, -0.25) is 4.79 Å². The van der Waals surface area contributed by atoms with Crippen LogP contribution in [0.5, 0.6) is 0 Å². The van der Waals surface area contributed by atoms with Gasteiger partial charge in [-0.2, -0.15) is 4.31 Å². The summed E-state index contributed by atoms with van der Waals surface area (Å²) in [6.07, 6.45) is 0. The number of nitrogens with two attached hydrogens (primary N) is 1. The number of ether oxygens (including phenoxy) is 1. The van der Waals surface area contributed by atoms with Gasteiger partial charge in [-0.05, 0) is 35.4 Å². The first-order chi connectivity index (χ1) is 14.8. The predicted octanol–water partition coefficient (Wildman–Crippen LogP) is 2.89. The zero-order valence-corrected chi connectivity index (χ0v) is 17.7. The summed E-state index contributed by atoms with van der Waals surface area (Å²) >= 11 is 0. The van der Waals surface area contributed by atoms with Crippen molar-refractivity contribution in [1.29, 1.82) is 0 Å². The SMILES string of the molecule is COC(=O)c1ccc(CN([C@@H](C(N)=O)c2ccccc2)S(=O)(=O)c2ccccc2)cc1. The summed E-state index contributed by atoms with van der Waals surface area (Å²) in [6.45, 7) is -0.124. The number of nitrogens with zero attached hydrogens (tertiary/aromatic N) is 1. The van der Waals surface area contributed by atoms with Gasteiger partial charge >= 0.3 is 5.97 Å². The molecule has 0 aliphatic heterocycles. The molecule has 0 saturated carbocycles. The molecule has 0 fully saturated rings. The quantitative estimate of drug-likeness (QED) is 0.544. The number of methoxy groups -OCH3 is 1. The molecule has 3 aromatic carbocycles. The molecule has 3 aromatic rings. The lowest BCUT2D eigenvalue weighted by molar-refractivity contribution is -0.122. The highest BCUT2D eigenvalue weighted by molar-refractivity contribution is 7.89. The van der Waals surface area contributed by atoms with Gasteiger partial charge in [0.2, 0.25) is 15.9 Å². The van der Waals surface area contributed by atoms with Gasteiger partial charge in [0, 0.05) is 6.54 Å². The van der Waals surface area contributed by atoms with Crippen LogP contribution in [0, 0.1) is 0 Å². The number of rotatable bonds is 8. The molecule has 0 aromatic heterocycles. The molecule has 0 heterocycles. The summed E-state index contributed by atoms with van der Waals surface area (Å²) in [5.74, 6) is -1.29. The van der Waals surface area contributed by atoms with Crippen molar-refractivity contribution in [3.63, 3.8) is 0 Å². The fraction of sp³-hybridized carbons (Fsp3) is 0.130. The van der Waals surface area contributed by atoms with E-state index in [0.29, 0.717) is 16.7 Å². The maximum atomic E-state index is 13.5. The fourth-order valence-electron chi connectivity index (χ4n) is 3.19. The molecule has 0 aliphatic carbocycles. The molecule has 0 unspecified atom stereocenters. The average Bonchev–Trinajstić information content (AvgIpc) is 2.79. The van der Waals surface area contributed by atoms with Crippen molar-refractivity contribution in [1.82, 2.24) is 4.31 Å². The molecular weight excluding hydrogens is 416 g/mol. The number of amides is 1. The third kappa shape index (κ3) is 4.99. The number of esters is 1. The third-order valence-electron chi connectivity index (χ3n) is 4.74. The van der Waals surface area contributed by atoms with E-state index < -0.39 is 27.9 Å². The Bertz CT molecular complexity index is 1150. The maximum absolute atomic E-state index is 13.5. The van der Waals surface area contributed by atoms with Gasteiger partial charge in [-0.25, -0.2) is 13.2 Å². The summed E-state index contributed by atoms with van der Waals surface area (Å²) in [6, 6.07) is 21.4. The van der Waals surface area contributed by atoms with E-state index in [0.717, 1.165) is 4.31 Å². The minimum Gasteiger partial charge on any atom is -0.465 e. The zero-order valence-electron chi connectivity index (χ0n) is 16.8. The summed E-state index contributed by atoms with van der Waals surface area (Å²) in [5, 5.41) is 0. The standard InChI is InChI=1S/C23H22N2O5S/c1-30-23(27)19-14-12-17(13-15-19)16-25(31(28,29)20-10-6-3-7-11-20)21(22(24)26)18-8-4-2-5-9-18/h2-15,21H,16H2,1H3,(H2,24,26)/t21-/m1/s1. The van der Waals surface area contributed by atoms with Crippen molar-refractivity contribution in [2.75, 3.05) is 7.11 Å². The second-order valence-corrected chi connectivity index (χ2v) is 8.66. The number of benzene rings is 3. The van der Waals surface area contributed by atoms with E-state index in [2.05, 4.69) is 0 Å². The lowest BCUT2D eigenvalue weighted by atomic mass is 10.1. The summed E-state index contributed by atoms with van der Waals surface area (Å²) in [7, 11) is -2.80. The number of hydrogen-bond donors (Lipinski definition) is 1. The number of carbonyl (C=O) groups excluding carboxylic acids is 2. The Labute approximate surface area is 181 Å². The highest BCUT2D eigenvalue weighted by Crippen LogP contribution is 2.30. The van der Waals surface area contributed by atoms with Gasteiger partial charge < -0.3 is 10.5 Å². The van der Waals surface area contributed by atoms with Crippen molar-refractivity contribution in [3.8, 4) is 0 Å². The van der Waals surface area contributed by atoms with Crippen LogP contribution in [0.2, 0.25) is 0 Å². The largest absolute Gasteiger partial charge is 0.465 e. The molecule has 1 atom stereocenters. The minimum absolute atomic E-state index is 0.0448. The van der Waals surface area contributed by atoms with E-state index in [9.17, 15) is 18.0 Å². The van der Waals surface area contributed by atoms with Gasteiger partial charge in [-0.15, -0.1) is 0 Å². The fourth-order valence-corrected chi connectivity index (χ4v) is 4.79. The van der Waals surface area contributed by atoms with E-state index in [4.69, 9.17) is 10.5 Å². The molecule has 0 radical (unpaired) electrons. The summed E-state index contributed by atoms with van der Waals surface area (Å²) in [4.78, 5) is 24.2. The lowest BCUT2D eigenvalue weighted by Crippen LogP contribution is -2.41. The second-order valence-electron chi connectivity index (χ2n) is 6.77. The molecular formula is C23H22N2O5S. The van der Waals surface area contributed by atoms with Crippen LogP contribution in [0.25, 0.3) is 0 Å². The Morgan fingerprint density at radius 1 is 0.903 bits per heavy atom. The van der Waals surface area contributed by atoms with Crippen LogP contribution in [0.4, 0.5) is 0 Å². The molecule has 0 bridgehead atoms. The average molecular weight is 439 g/mol. The Kier molecular flexibility index (Phi) is 6.84. The lowest BCUT2D eigenvalue weighted by Gasteiger charge is -2.29. The van der Waals surface area contributed by atoms with Crippen molar-refractivity contribution in [2.45, 2.75) is 17.5 Å². The normalized spacial score (nSPS) is 12.3. The molecule has 31 heavy (non-hydrogen) atoms. The molecule has 3 rings (SSSR count). The van der Waals surface area contributed by atoms with Crippen LogP contribution in [0.3, 0.4) is 0 Å². The molecule has 160 valence electrons. The predicted molar refractivity (Wildman–Crippen MR) is 115 cm³/mol. The van der Waals surface area contributed by atoms with E-state index in [1.54, 1.807) is 60.7 Å². The Hall–Kier alpha value is -3.49. The van der Waals surface area contributed by atoms with Gasteiger partial charge in [0.05, 0.1) is 17.6 Å². The van der Waals surface area contributed by atoms with E-state index >= 15 is 0 Å². The molecule has 0 spiro atoms. The summed E-state index contributed by atoms with van der Waals surface area (Å²) in [5.41, 5.74) is 7.04. The third-order valence-corrected chi connectivity index (χ3v) is 6.56. The number of carbonyl (C=O) groups is 2. The molecule has 0 aliphatic rings. The molecule has 0 saturated heterocycles. The topological polar surface area (TPSA) is 107 Å². The van der Waals surface area contributed by atoms with Crippen LogP contribution < -0.4 is 5.73 Å². The Morgan fingerprint density at radius 2 is 1.45 bits per heavy atom. The smallest absolute Gasteiger partial charge is 0.337 e. The van der Waals surface area contributed by atoms with E-state index in [-0.39, 0.29) is 11.4 Å². The minimum atomic E-state index is -4.08. The summed E-state index contributed by atoms with van der Waals surface area (Å²) < 4.78 is 32.8. The number of sulfonamides is 1.